The van der Waals surface area contributed by atoms with Crippen molar-refractivity contribution in [3.8, 4) is 0 Å². The Morgan fingerprint density at radius 1 is 1.33 bits per heavy atom. The maximum absolute atomic E-state index is 8.25. The van der Waals surface area contributed by atoms with Crippen LogP contribution in [0.1, 0.15) is 5.56 Å². The Bertz CT molecular complexity index is 199. The van der Waals surface area contributed by atoms with Crippen LogP contribution in [0, 0.1) is 0 Å². The summed E-state index contributed by atoms with van der Waals surface area (Å²) in [6.07, 6.45) is 1.10. The summed E-state index contributed by atoms with van der Waals surface area (Å²) in [5.74, 6) is 0. The SMILES string of the molecule is O=C[O-].[NH3+]CCc1ccccc1. The minimum Gasteiger partial charge on any atom is -0.554 e. The molecular formula is C9H13NO2. The maximum atomic E-state index is 8.25. The Morgan fingerprint density at radius 3 is 2.25 bits per heavy atom. The highest BCUT2D eigenvalue weighted by Crippen LogP contribution is 1.96. The van der Waals surface area contributed by atoms with E-state index in [1.165, 1.54) is 5.56 Å². The van der Waals surface area contributed by atoms with Crippen molar-refractivity contribution in [1.29, 1.82) is 0 Å². The Labute approximate surface area is 71.8 Å². The highest BCUT2D eigenvalue weighted by molar-refractivity contribution is 5.29. The van der Waals surface area contributed by atoms with Crippen molar-refractivity contribution in [2.24, 2.45) is 0 Å². The first-order valence-corrected chi connectivity index (χ1v) is 3.74. The van der Waals surface area contributed by atoms with E-state index in [-0.39, 0.29) is 0 Å². The predicted molar refractivity (Wildman–Crippen MR) is 44.0 cm³/mol. The number of carboxylic acid groups (broad SMARTS) is 1. The normalized spacial score (nSPS) is 8.08. The Morgan fingerprint density at radius 2 is 1.83 bits per heavy atom. The lowest BCUT2D eigenvalue weighted by atomic mass is 10.2. The van der Waals surface area contributed by atoms with Crippen LogP contribution in [0.4, 0.5) is 0 Å². The van der Waals surface area contributed by atoms with Gasteiger partial charge in [0.15, 0.2) is 0 Å². The monoisotopic (exact) mass is 167 g/mol. The minimum atomic E-state index is -0.500. The summed E-state index contributed by atoms with van der Waals surface area (Å²) in [4.78, 5) is 8.25. The van der Waals surface area contributed by atoms with Crippen molar-refractivity contribution in [2.45, 2.75) is 6.42 Å². The molecule has 0 atom stereocenters. The molecule has 0 aliphatic heterocycles. The molecule has 0 bridgehead atoms. The standard InChI is InChI=1S/C8H11N.CH2O2/c9-7-6-8-4-2-1-3-5-8;2-1-3/h1-5H,6-7,9H2;1H,(H,2,3). The van der Waals surface area contributed by atoms with Gasteiger partial charge in [0, 0.05) is 12.9 Å². The van der Waals surface area contributed by atoms with Crippen LogP contribution in [-0.4, -0.2) is 13.0 Å². The lowest BCUT2D eigenvalue weighted by Crippen LogP contribution is -2.51. The van der Waals surface area contributed by atoms with E-state index in [1.807, 2.05) is 6.07 Å². The Kier molecular flexibility index (Phi) is 6.88. The third-order valence-corrected chi connectivity index (χ3v) is 1.31. The zero-order chi connectivity index (χ0) is 9.23. The number of hydrogen-bond acceptors (Lipinski definition) is 2. The van der Waals surface area contributed by atoms with Gasteiger partial charge in [-0.25, -0.2) is 0 Å². The van der Waals surface area contributed by atoms with Gasteiger partial charge >= 0.3 is 0 Å². The van der Waals surface area contributed by atoms with Crippen molar-refractivity contribution in [1.82, 2.24) is 0 Å². The molecule has 0 heterocycles. The van der Waals surface area contributed by atoms with Gasteiger partial charge in [0.1, 0.15) is 0 Å². The summed E-state index contributed by atoms with van der Waals surface area (Å²) in [6, 6.07) is 10.4. The topological polar surface area (TPSA) is 67.8 Å². The molecule has 0 saturated carbocycles. The van der Waals surface area contributed by atoms with Crippen LogP contribution < -0.4 is 10.8 Å². The van der Waals surface area contributed by atoms with Gasteiger partial charge in [0.05, 0.1) is 6.54 Å². The van der Waals surface area contributed by atoms with Crippen molar-refractivity contribution in [3.63, 3.8) is 0 Å². The fourth-order valence-electron chi connectivity index (χ4n) is 0.849. The summed E-state index contributed by atoms with van der Waals surface area (Å²) in [5.41, 5.74) is 5.16. The molecule has 3 heteroatoms. The van der Waals surface area contributed by atoms with E-state index in [9.17, 15) is 0 Å². The van der Waals surface area contributed by atoms with Gasteiger partial charge in [-0.1, -0.05) is 30.3 Å². The van der Waals surface area contributed by atoms with E-state index in [1.54, 1.807) is 0 Å². The molecule has 0 radical (unpaired) electrons. The molecule has 3 nitrogen and oxygen atoms in total. The number of carbonyl (C=O) groups is 1. The largest absolute Gasteiger partial charge is 0.554 e. The minimum absolute atomic E-state index is 0.500. The van der Waals surface area contributed by atoms with Gasteiger partial charge in [-0.05, 0) is 5.56 Å². The first kappa shape index (κ1) is 10.7. The zero-order valence-electron chi connectivity index (χ0n) is 6.90. The van der Waals surface area contributed by atoms with Crippen molar-refractivity contribution < 1.29 is 15.6 Å². The van der Waals surface area contributed by atoms with Crippen molar-refractivity contribution >= 4 is 6.47 Å². The summed E-state index contributed by atoms with van der Waals surface area (Å²) >= 11 is 0. The molecular weight excluding hydrogens is 154 g/mol. The molecule has 3 N–H and O–H groups in total. The molecule has 0 amide bonds. The van der Waals surface area contributed by atoms with Gasteiger partial charge in [-0.15, -0.1) is 0 Å². The third kappa shape index (κ3) is 5.44. The van der Waals surface area contributed by atoms with E-state index < -0.39 is 6.47 Å². The fourth-order valence-corrected chi connectivity index (χ4v) is 0.849. The van der Waals surface area contributed by atoms with E-state index >= 15 is 0 Å². The molecule has 0 saturated heterocycles. The Balaban J connectivity index is 0.000000354. The molecule has 1 aromatic rings. The second-order valence-electron chi connectivity index (χ2n) is 2.19. The van der Waals surface area contributed by atoms with Gasteiger partial charge in [0.2, 0.25) is 0 Å². The van der Waals surface area contributed by atoms with Crippen LogP contribution >= 0.6 is 0 Å². The average Bonchev–Trinajstić information content (AvgIpc) is 2.08. The summed E-state index contributed by atoms with van der Waals surface area (Å²) in [6.45, 7) is 0.490. The van der Waals surface area contributed by atoms with E-state index in [0.29, 0.717) is 0 Å². The molecule has 0 spiro atoms. The molecule has 0 aliphatic carbocycles. The molecule has 66 valence electrons. The van der Waals surface area contributed by atoms with Gasteiger partial charge in [-0.2, -0.15) is 0 Å². The number of benzene rings is 1. The van der Waals surface area contributed by atoms with Crippen molar-refractivity contribution in [3.05, 3.63) is 35.9 Å². The quantitative estimate of drug-likeness (QED) is 0.564. The van der Waals surface area contributed by atoms with E-state index in [0.717, 1.165) is 13.0 Å². The number of carbonyl (C=O) groups excluding carboxylic acids is 1. The van der Waals surface area contributed by atoms with Crippen LogP contribution in [0.5, 0.6) is 0 Å². The Hall–Kier alpha value is -1.35. The average molecular weight is 167 g/mol. The summed E-state index contributed by atoms with van der Waals surface area (Å²) < 4.78 is 0. The molecule has 0 fully saturated rings. The highest BCUT2D eigenvalue weighted by Gasteiger charge is 1.86. The fraction of sp³-hybridized carbons (Fsp3) is 0.222. The van der Waals surface area contributed by atoms with Crippen LogP contribution in [-0.2, 0) is 11.2 Å². The smallest absolute Gasteiger partial charge is 0.0780 e. The zero-order valence-corrected chi connectivity index (χ0v) is 6.90. The highest BCUT2D eigenvalue weighted by atomic mass is 16.3. The second kappa shape index (κ2) is 7.75. The lowest BCUT2D eigenvalue weighted by molar-refractivity contribution is -0.366. The number of quaternary nitrogens is 1. The lowest BCUT2D eigenvalue weighted by Gasteiger charge is -1.92. The van der Waals surface area contributed by atoms with Crippen LogP contribution in [0.15, 0.2) is 30.3 Å². The number of hydrogen-bond donors (Lipinski definition) is 1. The first-order valence-electron chi connectivity index (χ1n) is 3.74. The first-order chi connectivity index (χ1) is 5.85. The van der Waals surface area contributed by atoms with Crippen LogP contribution in [0.2, 0.25) is 0 Å². The summed E-state index contributed by atoms with van der Waals surface area (Å²) in [7, 11) is 0. The van der Waals surface area contributed by atoms with E-state index in [2.05, 4.69) is 30.0 Å². The maximum Gasteiger partial charge on any atom is 0.0780 e. The van der Waals surface area contributed by atoms with E-state index in [4.69, 9.17) is 9.90 Å². The third-order valence-electron chi connectivity index (χ3n) is 1.31. The second-order valence-corrected chi connectivity index (χ2v) is 2.19. The van der Waals surface area contributed by atoms with Crippen molar-refractivity contribution in [2.75, 3.05) is 6.54 Å². The molecule has 1 rings (SSSR count). The molecule has 0 aromatic heterocycles. The molecule has 0 unspecified atom stereocenters. The number of rotatable bonds is 2. The molecule has 12 heavy (non-hydrogen) atoms. The van der Waals surface area contributed by atoms with Gasteiger partial charge in [-0.3, -0.25) is 0 Å². The predicted octanol–water partition coefficient (Wildman–Crippen LogP) is -1.16. The molecule has 1 aromatic carbocycles. The summed E-state index contributed by atoms with van der Waals surface area (Å²) in [5, 5.41) is 8.25. The van der Waals surface area contributed by atoms with Gasteiger partial charge < -0.3 is 15.6 Å². The van der Waals surface area contributed by atoms with Gasteiger partial charge in [0.25, 0.3) is 0 Å². The molecule has 0 aliphatic rings. The van der Waals surface area contributed by atoms with Crippen LogP contribution in [0.25, 0.3) is 0 Å². The van der Waals surface area contributed by atoms with Crippen LogP contribution in [0.3, 0.4) is 0 Å².